The van der Waals surface area contributed by atoms with E-state index in [0.29, 0.717) is 0 Å². The van der Waals surface area contributed by atoms with Crippen LogP contribution in [0, 0.1) is 11.6 Å². The third-order valence-electron chi connectivity index (χ3n) is 2.63. The number of benzene rings is 2. The summed E-state index contributed by atoms with van der Waals surface area (Å²) < 4.78 is 49.8. The number of amides is 1. The second-order valence-electron chi connectivity index (χ2n) is 4.09. The molecule has 5 nitrogen and oxygen atoms in total. The van der Waals surface area contributed by atoms with Gasteiger partial charge in [-0.2, -0.15) is 0 Å². The highest BCUT2D eigenvalue weighted by Crippen LogP contribution is 2.21. The Labute approximate surface area is 119 Å². The molecule has 1 amide bonds. The normalized spacial score (nSPS) is 11.2. The third kappa shape index (κ3) is 3.23. The van der Waals surface area contributed by atoms with Crippen molar-refractivity contribution in [2.75, 3.05) is 5.32 Å². The molecule has 0 aliphatic rings. The van der Waals surface area contributed by atoms with Gasteiger partial charge in [-0.25, -0.2) is 22.3 Å². The number of para-hydroxylation sites is 1. The Bertz CT molecular complexity index is 787. The van der Waals surface area contributed by atoms with Crippen molar-refractivity contribution in [3.8, 4) is 0 Å². The number of carbonyl (C=O) groups excluding carboxylic acids is 1. The van der Waals surface area contributed by atoms with Crippen LogP contribution in [-0.4, -0.2) is 14.3 Å². The van der Waals surface area contributed by atoms with Gasteiger partial charge in [0.1, 0.15) is 22.1 Å². The van der Waals surface area contributed by atoms with Crippen molar-refractivity contribution < 1.29 is 22.0 Å². The highest BCUT2D eigenvalue weighted by Gasteiger charge is 2.20. The molecule has 2 aromatic carbocycles. The van der Waals surface area contributed by atoms with Crippen molar-refractivity contribution in [1.82, 2.24) is 0 Å². The maximum Gasteiger partial charge on any atom is 0.261 e. The van der Waals surface area contributed by atoms with Gasteiger partial charge < -0.3 is 5.32 Å². The van der Waals surface area contributed by atoms with Crippen molar-refractivity contribution in [3.63, 3.8) is 0 Å². The summed E-state index contributed by atoms with van der Waals surface area (Å²) in [5.74, 6) is -3.22. The van der Waals surface area contributed by atoms with E-state index in [1.165, 1.54) is 24.3 Å². The first-order chi connectivity index (χ1) is 9.80. The fourth-order valence-corrected chi connectivity index (χ4v) is 2.41. The minimum absolute atomic E-state index is 0.160. The lowest BCUT2D eigenvalue weighted by molar-refractivity contribution is 0.101. The number of sulfonamides is 1. The lowest BCUT2D eigenvalue weighted by atomic mass is 10.2. The number of nitrogens with two attached hydrogens (primary N) is 1. The van der Waals surface area contributed by atoms with E-state index in [-0.39, 0.29) is 10.6 Å². The van der Waals surface area contributed by atoms with Crippen LogP contribution in [-0.2, 0) is 10.0 Å². The predicted molar refractivity (Wildman–Crippen MR) is 72.1 cm³/mol. The summed E-state index contributed by atoms with van der Waals surface area (Å²) >= 11 is 0. The highest BCUT2D eigenvalue weighted by atomic mass is 32.2. The van der Waals surface area contributed by atoms with E-state index in [9.17, 15) is 22.0 Å². The Balaban J connectivity index is 2.42. The van der Waals surface area contributed by atoms with E-state index in [1.54, 1.807) is 0 Å². The third-order valence-corrected chi connectivity index (χ3v) is 3.60. The SMILES string of the molecule is NS(=O)(=O)c1ccccc1NC(=O)c1c(F)cccc1F. The average Bonchev–Trinajstić information content (AvgIpc) is 2.37. The van der Waals surface area contributed by atoms with Gasteiger partial charge in [0, 0.05) is 0 Å². The topological polar surface area (TPSA) is 89.3 Å². The molecule has 0 saturated heterocycles. The zero-order chi connectivity index (χ0) is 15.6. The van der Waals surface area contributed by atoms with Gasteiger partial charge in [0.05, 0.1) is 5.69 Å². The molecule has 2 rings (SSSR count). The van der Waals surface area contributed by atoms with Crippen LogP contribution in [0.4, 0.5) is 14.5 Å². The van der Waals surface area contributed by atoms with Gasteiger partial charge in [-0.15, -0.1) is 0 Å². The van der Waals surface area contributed by atoms with Crippen molar-refractivity contribution in [1.29, 1.82) is 0 Å². The summed E-state index contributed by atoms with van der Waals surface area (Å²) in [5, 5.41) is 7.14. The molecule has 0 saturated carbocycles. The molecule has 0 radical (unpaired) electrons. The molecule has 0 aliphatic heterocycles. The van der Waals surface area contributed by atoms with Gasteiger partial charge in [-0.1, -0.05) is 18.2 Å². The van der Waals surface area contributed by atoms with Crippen LogP contribution in [0.5, 0.6) is 0 Å². The van der Waals surface area contributed by atoms with Gasteiger partial charge in [-0.05, 0) is 24.3 Å². The van der Waals surface area contributed by atoms with Crippen LogP contribution in [0.25, 0.3) is 0 Å². The molecule has 0 bridgehead atoms. The van der Waals surface area contributed by atoms with Crippen LogP contribution < -0.4 is 10.5 Å². The van der Waals surface area contributed by atoms with Crippen LogP contribution in [0.2, 0.25) is 0 Å². The maximum atomic E-state index is 13.5. The summed E-state index contributed by atoms with van der Waals surface area (Å²) in [7, 11) is -4.08. The van der Waals surface area contributed by atoms with E-state index in [0.717, 1.165) is 18.2 Å². The van der Waals surface area contributed by atoms with Crippen molar-refractivity contribution >= 4 is 21.6 Å². The van der Waals surface area contributed by atoms with Crippen molar-refractivity contribution in [2.45, 2.75) is 4.90 Å². The molecule has 0 unspecified atom stereocenters. The predicted octanol–water partition coefficient (Wildman–Crippen LogP) is 1.86. The highest BCUT2D eigenvalue weighted by molar-refractivity contribution is 7.89. The molecule has 0 spiro atoms. The molecule has 21 heavy (non-hydrogen) atoms. The molecule has 8 heteroatoms. The number of nitrogens with one attached hydrogen (secondary N) is 1. The zero-order valence-corrected chi connectivity index (χ0v) is 11.3. The minimum atomic E-state index is -4.08. The van der Waals surface area contributed by atoms with Crippen LogP contribution in [0.3, 0.4) is 0 Å². The van der Waals surface area contributed by atoms with Crippen LogP contribution in [0.1, 0.15) is 10.4 Å². The first kappa shape index (κ1) is 15.1. The largest absolute Gasteiger partial charge is 0.321 e. The Morgan fingerprint density at radius 3 is 2.14 bits per heavy atom. The quantitative estimate of drug-likeness (QED) is 0.906. The number of rotatable bonds is 3. The first-order valence-electron chi connectivity index (χ1n) is 5.68. The second kappa shape index (κ2) is 5.58. The Morgan fingerprint density at radius 1 is 1.00 bits per heavy atom. The number of hydrogen-bond acceptors (Lipinski definition) is 3. The summed E-state index contributed by atoms with van der Waals surface area (Å²) in [6.45, 7) is 0. The zero-order valence-electron chi connectivity index (χ0n) is 10.5. The molecular formula is C13H10F2N2O3S. The Hall–Kier alpha value is -2.32. The van der Waals surface area contributed by atoms with Gasteiger partial charge in [0.25, 0.3) is 5.91 Å². The molecule has 3 N–H and O–H groups in total. The lowest BCUT2D eigenvalue weighted by Crippen LogP contribution is -2.20. The molecule has 0 heterocycles. The summed E-state index contributed by atoms with van der Waals surface area (Å²) in [6, 6.07) is 8.23. The van der Waals surface area contributed by atoms with E-state index < -0.39 is 33.1 Å². The standard InChI is InChI=1S/C13H10F2N2O3S/c14-8-4-3-5-9(15)12(8)13(18)17-10-6-1-2-7-11(10)21(16,19)20/h1-7H,(H,17,18)(H2,16,19,20). The van der Waals surface area contributed by atoms with Gasteiger partial charge in [0.15, 0.2) is 0 Å². The minimum Gasteiger partial charge on any atom is -0.321 e. The van der Waals surface area contributed by atoms with E-state index in [2.05, 4.69) is 5.32 Å². The molecule has 2 aromatic rings. The number of halogens is 2. The maximum absolute atomic E-state index is 13.5. The number of carbonyl (C=O) groups is 1. The summed E-state index contributed by atoms with van der Waals surface area (Å²) in [4.78, 5) is 11.6. The van der Waals surface area contributed by atoms with E-state index >= 15 is 0 Å². The number of primary sulfonamides is 1. The average molecular weight is 312 g/mol. The van der Waals surface area contributed by atoms with E-state index in [1.807, 2.05) is 0 Å². The van der Waals surface area contributed by atoms with Crippen LogP contribution >= 0.6 is 0 Å². The first-order valence-corrected chi connectivity index (χ1v) is 7.22. The molecule has 110 valence electrons. The number of hydrogen-bond donors (Lipinski definition) is 2. The molecule has 0 aliphatic carbocycles. The summed E-state index contributed by atoms with van der Waals surface area (Å²) in [5.41, 5.74) is -0.964. The molecule has 0 aromatic heterocycles. The van der Waals surface area contributed by atoms with Gasteiger partial charge in [0.2, 0.25) is 10.0 Å². The summed E-state index contributed by atoms with van der Waals surface area (Å²) in [6.07, 6.45) is 0. The lowest BCUT2D eigenvalue weighted by Gasteiger charge is -2.10. The smallest absolute Gasteiger partial charge is 0.261 e. The van der Waals surface area contributed by atoms with Crippen LogP contribution in [0.15, 0.2) is 47.4 Å². The molecule has 0 fully saturated rings. The second-order valence-corrected chi connectivity index (χ2v) is 5.62. The molecular weight excluding hydrogens is 302 g/mol. The monoisotopic (exact) mass is 312 g/mol. The van der Waals surface area contributed by atoms with Crippen molar-refractivity contribution in [2.24, 2.45) is 5.14 Å². The fraction of sp³-hybridized carbons (Fsp3) is 0. The van der Waals surface area contributed by atoms with Gasteiger partial charge in [-0.3, -0.25) is 4.79 Å². The van der Waals surface area contributed by atoms with E-state index in [4.69, 9.17) is 5.14 Å². The fourth-order valence-electron chi connectivity index (χ4n) is 1.72. The van der Waals surface area contributed by atoms with Crippen molar-refractivity contribution in [3.05, 3.63) is 59.7 Å². The van der Waals surface area contributed by atoms with Gasteiger partial charge >= 0.3 is 0 Å². The Kier molecular flexibility index (Phi) is 4.01. The molecule has 0 atom stereocenters. The Morgan fingerprint density at radius 2 is 1.57 bits per heavy atom. The number of anilines is 1.